The molecule has 1 aromatic carbocycles. The third kappa shape index (κ3) is 8.74. The van der Waals surface area contributed by atoms with Gasteiger partial charge in [0.25, 0.3) is 0 Å². The van der Waals surface area contributed by atoms with Crippen molar-refractivity contribution in [1.29, 1.82) is 0 Å². The predicted octanol–water partition coefficient (Wildman–Crippen LogP) is 4.11. The fourth-order valence-electron chi connectivity index (χ4n) is 1.00. The van der Waals surface area contributed by atoms with Gasteiger partial charge in [-0.1, -0.05) is 48.3 Å². The van der Waals surface area contributed by atoms with Crippen molar-refractivity contribution in [3.05, 3.63) is 34.3 Å². The molecule has 0 bridgehead atoms. The van der Waals surface area contributed by atoms with Gasteiger partial charge in [0.1, 0.15) is 0 Å². The Kier molecular flexibility index (Phi) is 9.53. The lowest BCUT2D eigenvalue weighted by Crippen LogP contribution is -2.23. The van der Waals surface area contributed by atoms with Gasteiger partial charge in [-0.2, -0.15) is 0 Å². The fourth-order valence-corrected chi connectivity index (χ4v) is 1.45. The summed E-state index contributed by atoms with van der Waals surface area (Å²) < 4.78 is 5.73. The SMILES string of the molecule is CCC.CCOC(=O)NCc1cccc(Br)c1. The molecule has 0 heterocycles. The van der Waals surface area contributed by atoms with Gasteiger partial charge in [-0.25, -0.2) is 4.79 Å². The number of carbonyl (C=O) groups is 1. The number of carbonyl (C=O) groups excluding carboxylic acids is 1. The summed E-state index contributed by atoms with van der Waals surface area (Å²) in [5, 5.41) is 2.65. The molecule has 1 amide bonds. The zero-order valence-electron chi connectivity index (χ0n) is 10.6. The lowest BCUT2D eigenvalue weighted by atomic mass is 10.2. The molecule has 1 N–H and O–H groups in total. The first-order chi connectivity index (χ1) is 8.13. The minimum Gasteiger partial charge on any atom is -0.450 e. The standard InChI is InChI=1S/C10H12BrNO2.C3H8/c1-2-14-10(13)12-7-8-4-3-5-9(11)6-8;1-3-2/h3-6H,2,7H2,1H3,(H,12,13);3H2,1-2H3. The van der Waals surface area contributed by atoms with Gasteiger partial charge in [0.05, 0.1) is 6.61 Å². The second-order valence-electron chi connectivity index (χ2n) is 3.41. The van der Waals surface area contributed by atoms with Crippen LogP contribution in [0.5, 0.6) is 0 Å². The smallest absolute Gasteiger partial charge is 0.407 e. The maximum absolute atomic E-state index is 11.0. The van der Waals surface area contributed by atoms with Crippen molar-refractivity contribution in [2.24, 2.45) is 0 Å². The molecule has 0 aromatic heterocycles. The average Bonchev–Trinajstić information content (AvgIpc) is 2.28. The van der Waals surface area contributed by atoms with E-state index >= 15 is 0 Å². The third-order valence-corrected chi connectivity index (χ3v) is 2.09. The Labute approximate surface area is 112 Å². The van der Waals surface area contributed by atoms with Crippen LogP contribution in [-0.2, 0) is 11.3 Å². The van der Waals surface area contributed by atoms with Crippen molar-refractivity contribution in [2.75, 3.05) is 6.61 Å². The molecule has 96 valence electrons. The normalized spacial score (nSPS) is 8.94. The number of alkyl carbamates (subject to hydrolysis) is 1. The number of halogens is 1. The molecule has 0 radical (unpaired) electrons. The molecule has 0 fully saturated rings. The molecule has 0 aliphatic carbocycles. The molecule has 1 rings (SSSR count). The van der Waals surface area contributed by atoms with Gasteiger partial charge >= 0.3 is 6.09 Å². The number of nitrogens with one attached hydrogen (secondary N) is 1. The van der Waals surface area contributed by atoms with E-state index in [9.17, 15) is 4.79 Å². The highest BCUT2D eigenvalue weighted by Gasteiger charge is 1.99. The molecule has 0 saturated heterocycles. The first-order valence-corrected chi connectivity index (χ1v) is 6.58. The van der Waals surface area contributed by atoms with Gasteiger partial charge < -0.3 is 10.1 Å². The number of hydrogen-bond acceptors (Lipinski definition) is 2. The van der Waals surface area contributed by atoms with E-state index in [1.54, 1.807) is 6.92 Å². The molecule has 0 aliphatic heterocycles. The van der Waals surface area contributed by atoms with E-state index in [2.05, 4.69) is 35.1 Å². The summed E-state index contributed by atoms with van der Waals surface area (Å²) in [6.07, 6.45) is 0.868. The average molecular weight is 302 g/mol. The van der Waals surface area contributed by atoms with E-state index < -0.39 is 0 Å². The summed E-state index contributed by atoms with van der Waals surface area (Å²) in [5.41, 5.74) is 1.03. The summed E-state index contributed by atoms with van der Waals surface area (Å²) in [6, 6.07) is 7.75. The Morgan fingerprint density at radius 1 is 1.35 bits per heavy atom. The third-order valence-electron chi connectivity index (χ3n) is 1.60. The van der Waals surface area contributed by atoms with Crippen molar-refractivity contribution >= 4 is 22.0 Å². The quantitative estimate of drug-likeness (QED) is 0.912. The van der Waals surface area contributed by atoms with Crippen molar-refractivity contribution in [3.8, 4) is 0 Å². The van der Waals surface area contributed by atoms with Gasteiger partial charge in [0, 0.05) is 11.0 Å². The summed E-state index contributed by atoms with van der Waals surface area (Å²) in [5.74, 6) is 0. The van der Waals surface area contributed by atoms with Crippen LogP contribution in [0, 0.1) is 0 Å². The van der Waals surface area contributed by atoms with Crippen LogP contribution in [0.3, 0.4) is 0 Å². The first-order valence-electron chi connectivity index (χ1n) is 5.79. The summed E-state index contributed by atoms with van der Waals surface area (Å²) >= 11 is 3.36. The lowest BCUT2D eigenvalue weighted by Gasteiger charge is -2.05. The van der Waals surface area contributed by atoms with E-state index in [1.807, 2.05) is 24.3 Å². The van der Waals surface area contributed by atoms with Crippen molar-refractivity contribution in [3.63, 3.8) is 0 Å². The monoisotopic (exact) mass is 301 g/mol. The van der Waals surface area contributed by atoms with Crippen LogP contribution in [0.25, 0.3) is 0 Å². The van der Waals surface area contributed by atoms with Gasteiger partial charge in [0.2, 0.25) is 0 Å². The van der Waals surface area contributed by atoms with Crippen LogP contribution in [-0.4, -0.2) is 12.7 Å². The molecule has 1 aromatic rings. The van der Waals surface area contributed by atoms with E-state index in [0.717, 1.165) is 10.0 Å². The molecule has 3 nitrogen and oxygen atoms in total. The second kappa shape index (κ2) is 10.1. The molecule has 0 aliphatic rings. The van der Waals surface area contributed by atoms with E-state index in [1.165, 1.54) is 6.42 Å². The molecular weight excluding hydrogens is 282 g/mol. The maximum Gasteiger partial charge on any atom is 0.407 e. The fraction of sp³-hybridized carbons (Fsp3) is 0.462. The Hall–Kier alpha value is -1.03. The maximum atomic E-state index is 11.0. The van der Waals surface area contributed by atoms with Gasteiger partial charge in [-0.15, -0.1) is 0 Å². The Balaban J connectivity index is 0.000000770. The van der Waals surface area contributed by atoms with Crippen molar-refractivity contribution in [2.45, 2.75) is 33.7 Å². The zero-order chi connectivity index (χ0) is 13.1. The summed E-state index contributed by atoms with van der Waals surface area (Å²) in [7, 11) is 0. The Bertz CT molecular complexity index is 329. The van der Waals surface area contributed by atoms with Crippen molar-refractivity contribution in [1.82, 2.24) is 5.32 Å². The summed E-state index contributed by atoms with van der Waals surface area (Å²) in [6.45, 7) is 6.90. The number of rotatable bonds is 3. The molecule has 0 spiro atoms. The van der Waals surface area contributed by atoms with Crippen molar-refractivity contribution < 1.29 is 9.53 Å². The molecule has 17 heavy (non-hydrogen) atoms. The first kappa shape index (κ1) is 16.0. The molecule has 4 heteroatoms. The van der Waals surface area contributed by atoms with Crippen LogP contribution < -0.4 is 5.32 Å². The lowest BCUT2D eigenvalue weighted by molar-refractivity contribution is 0.151. The van der Waals surface area contributed by atoms with Gasteiger partial charge in [0.15, 0.2) is 0 Å². The second-order valence-corrected chi connectivity index (χ2v) is 4.33. The minimum absolute atomic E-state index is 0.382. The highest BCUT2D eigenvalue weighted by molar-refractivity contribution is 9.10. The number of benzene rings is 1. The van der Waals surface area contributed by atoms with Crippen LogP contribution in [0.2, 0.25) is 0 Å². The number of hydrogen-bond donors (Lipinski definition) is 1. The zero-order valence-corrected chi connectivity index (χ0v) is 12.2. The van der Waals surface area contributed by atoms with Gasteiger partial charge in [-0.3, -0.25) is 0 Å². The molecule has 0 saturated carbocycles. The van der Waals surface area contributed by atoms with Crippen LogP contribution in [0.15, 0.2) is 28.7 Å². The number of amides is 1. The largest absolute Gasteiger partial charge is 0.450 e. The van der Waals surface area contributed by atoms with E-state index in [-0.39, 0.29) is 6.09 Å². The van der Waals surface area contributed by atoms with Gasteiger partial charge in [-0.05, 0) is 24.6 Å². The van der Waals surface area contributed by atoms with Crippen LogP contribution in [0.1, 0.15) is 32.8 Å². The van der Waals surface area contributed by atoms with Crippen LogP contribution in [0.4, 0.5) is 4.79 Å². The highest BCUT2D eigenvalue weighted by atomic mass is 79.9. The summed E-state index contributed by atoms with van der Waals surface area (Å²) in [4.78, 5) is 11.0. The minimum atomic E-state index is -0.382. The van der Waals surface area contributed by atoms with Crippen LogP contribution >= 0.6 is 15.9 Å². The van der Waals surface area contributed by atoms with E-state index in [0.29, 0.717) is 13.2 Å². The molecular formula is C13H20BrNO2. The highest BCUT2D eigenvalue weighted by Crippen LogP contribution is 2.11. The Morgan fingerprint density at radius 3 is 2.53 bits per heavy atom. The topological polar surface area (TPSA) is 38.3 Å². The van der Waals surface area contributed by atoms with E-state index in [4.69, 9.17) is 4.74 Å². The number of ether oxygens (including phenoxy) is 1. The molecule has 0 unspecified atom stereocenters. The Morgan fingerprint density at radius 2 is 2.00 bits per heavy atom. The predicted molar refractivity (Wildman–Crippen MR) is 74.0 cm³/mol. The molecule has 0 atom stereocenters.